The fourth-order valence-electron chi connectivity index (χ4n) is 3.39. The van der Waals surface area contributed by atoms with Crippen LogP contribution >= 0.6 is 0 Å². The Kier molecular flexibility index (Phi) is 5.75. The third-order valence-corrected chi connectivity index (χ3v) is 6.91. The molecule has 0 aliphatic carbocycles. The molecule has 0 saturated heterocycles. The lowest BCUT2D eigenvalue weighted by molar-refractivity contribution is 0.357. The first-order valence-corrected chi connectivity index (χ1v) is 11.2. The quantitative estimate of drug-likeness (QED) is 0.467. The van der Waals surface area contributed by atoms with Gasteiger partial charge in [-0.1, -0.05) is 13.0 Å². The Morgan fingerprint density at radius 1 is 1.03 bits per heavy atom. The Balaban J connectivity index is 1.76. The molecule has 2 heterocycles. The third-order valence-electron chi connectivity index (χ3n) is 5.10. The summed E-state index contributed by atoms with van der Waals surface area (Å²) in [4.78, 5) is 15.4. The van der Waals surface area contributed by atoms with Gasteiger partial charge in [0.1, 0.15) is 11.6 Å². The highest BCUT2D eigenvalue weighted by atomic mass is 32.2. The van der Waals surface area contributed by atoms with Crippen LogP contribution in [0.1, 0.15) is 23.8 Å². The monoisotopic (exact) mass is 440 g/mol. The predicted octanol–water partition coefficient (Wildman–Crippen LogP) is 4.21. The zero-order valence-corrected chi connectivity index (χ0v) is 17.7. The molecule has 2 aromatic heterocycles. The van der Waals surface area contributed by atoms with Gasteiger partial charge < -0.3 is 9.40 Å². The van der Waals surface area contributed by atoms with Gasteiger partial charge in [0.2, 0.25) is 10.0 Å². The molecule has 0 bridgehead atoms. The average Bonchev–Trinajstić information content (AvgIpc) is 3.27. The fourth-order valence-corrected chi connectivity index (χ4v) is 4.77. The summed E-state index contributed by atoms with van der Waals surface area (Å²) < 4.78 is 46.4. The number of benzene rings is 2. The van der Waals surface area contributed by atoms with E-state index < -0.39 is 15.8 Å². The number of aromatic nitrogens is 1. The molecule has 1 N–H and O–H groups in total. The van der Waals surface area contributed by atoms with Crippen LogP contribution in [0.15, 0.2) is 81.0 Å². The second-order valence-electron chi connectivity index (χ2n) is 7.21. The molecular formula is C23H21FN2O4S. The number of rotatable bonds is 7. The summed E-state index contributed by atoms with van der Waals surface area (Å²) in [5.74, 6) is -0.106. The summed E-state index contributed by atoms with van der Waals surface area (Å²) in [7, 11) is -4.02. The fraction of sp³-hybridized carbons (Fsp3) is 0.174. The number of pyridine rings is 1. The van der Waals surface area contributed by atoms with Crippen LogP contribution in [0.2, 0.25) is 0 Å². The first-order valence-electron chi connectivity index (χ1n) is 9.80. The van der Waals surface area contributed by atoms with Crippen molar-refractivity contribution in [1.29, 1.82) is 0 Å². The van der Waals surface area contributed by atoms with Crippen LogP contribution in [0, 0.1) is 5.82 Å². The topological polar surface area (TPSA) is 83.4 Å². The Labute approximate surface area is 179 Å². The minimum atomic E-state index is -4.02. The number of halogens is 1. The molecule has 0 atom stereocenters. The smallest absolute Gasteiger partial charge is 0.252 e. The van der Waals surface area contributed by atoms with Crippen LogP contribution in [0.25, 0.3) is 10.9 Å². The van der Waals surface area contributed by atoms with Gasteiger partial charge in [-0.2, -0.15) is 4.31 Å². The van der Waals surface area contributed by atoms with Gasteiger partial charge in [0, 0.05) is 17.6 Å². The minimum Gasteiger partial charge on any atom is -0.468 e. The molecule has 4 aromatic rings. The largest absolute Gasteiger partial charge is 0.468 e. The van der Waals surface area contributed by atoms with Gasteiger partial charge >= 0.3 is 0 Å². The van der Waals surface area contributed by atoms with Crippen LogP contribution in [-0.2, 0) is 29.5 Å². The summed E-state index contributed by atoms with van der Waals surface area (Å²) >= 11 is 0. The summed E-state index contributed by atoms with van der Waals surface area (Å²) in [6.45, 7) is 1.80. The van der Waals surface area contributed by atoms with Gasteiger partial charge in [0.25, 0.3) is 5.56 Å². The van der Waals surface area contributed by atoms with Crippen LogP contribution in [-0.4, -0.2) is 17.7 Å². The maximum atomic E-state index is 13.3. The van der Waals surface area contributed by atoms with Gasteiger partial charge in [-0.3, -0.25) is 4.79 Å². The van der Waals surface area contributed by atoms with Crippen molar-refractivity contribution in [2.75, 3.05) is 0 Å². The van der Waals surface area contributed by atoms with Crippen molar-refractivity contribution < 1.29 is 17.2 Å². The molecule has 8 heteroatoms. The number of hydrogen-bond donors (Lipinski definition) is 1. The average molecular weight is 440 g/mol. The highest BCUT2D eigenvalue weighted by molar-refractivity contribution is 7.89. The van der Waals surface area contributed by atoms with E-state index in [9.17, 15) is 17.6 Å². The first kappa shape index (κ1) is 21.0. The molecule has 0 fully saturated rings. The number of H-pyrrole nitrogens is 1. The van der Waals surface area contributed by atoms with Gasteiger partial charge in [-0.25, -0.2) is 12.8 Å². The molecule has 160 valence electrons. The molecule has 0 spiro atoms. The lowest BCUT2D eigenvalue weighted by Gasteiger charge is -2.21. The number of nitrogens with zero attached hydrogens (tertiary/aromatic N) is 1. The molecule has 0 aliphatic rings. The summed E-state index contributed by atoms with van der Waals surface area (Å²) in [5, 5.41) is 0.825. The second-order valence-corrected chi connectivity index (χ2v) is 9.14. The van der Waals surface area contributed by atoms with Crippen molar-refractivity contribution in [1.82, 2.24) is 9.29 Å². The van der Waals surface area contributed by atoms with E-state index in [0.29, 0.717) is 16.8 Å². The molecule has 31 heavy (non-hydrogen) atoms. The molecule has 0 amide bonds. The van der Waals surface area contributed by atoms with Gasteiger partial charge in [-0.15, -0.1) is 0 Å². The standard InChI is InChI=1S/C23H21FN2O4S/c1-2-16-5-10-22-17(12-16)13-18(23(27)25-22)14-26(15-20-4-3-11-30-20)31(28,29)21-8-6-19(24)7-9-21/h3-13H,2,14-15H2,1H3,(H,25,27). The lowest BCUT2D eigenvalue weighted by atomic mass is 10.1. The Bertz CT molecular complexity index is 1360. The number of aryl methyl sites for hydroxylation is 1. The number of aromatic amines is 1. The van der Waals surface area contributed by atoms with E-state index >= 15 is 0 Å². The van der Waals surface area contributed by atoms with E-state index in [4.69, 9.17) is 4.42 Å². The summed E-state index contributed by atoms with van der Waals surface area (Å²) in [6, 6.07) is 15.4. The predicted molar refractivity (Wildman–Crippen MR) is 115 cm³/mol. The maximum Gasteiger partial charge on any atom is 0.252 e. The molecule has 0 saturated carbocycles. The number of hydrogen-bond acceptors (Lipinski definition) is 4. The zero-order valence-electron chi connectivity index (χ0n) is 16.8. The Morgan fingerprint density at radius 3 is 2.48 bits per heavy atom. The van der Waals surface area contributed by atoms with Crippen molar-refractivity contribution in [3.63, 3.8) is 0 Å². The summed E-state index contributed by atoms with van der Waals surface area (Å²) in [5.41, 5.74) is 1.73. The van der Waals surface area contributed by atoms with E-state index in [1.54, 1.807) is 18.2 Å². The zero-order chi connectivity index (χ0) is 22.0. The van der Waals surface area contributed by atoms with E-state index in [1.165, 1.54) is 18.4 Å². The highest BCUT2D eigenvalue weighted by Crippen LogP contribution is 2.22. The molecular weight excluding hydrogens is 419 g/mol. The number of fused-ring (bicyclic) bond motifs is 1. The van der Waals surface area contributed by atoms with E-state index in [0.717, 1.165) is 33.8 Å². The van der Waals surface area contributed by atoms with Crippen LogP contribution < -0.4 is 5.56 Å². The summed E-state index contributed by atoms with van der Waals surface area (Å²) in [6.07, 6.45) is 2.29. The van der Waals surface area contributed by atoms with Crippen molar-refractivity contribution >= 4 is 20.9 Å². The Morgan fingerprint density at radius 2 is 1.81 bits per heavy atom. The van der Waals surface area contributed by atoms with Crippen LogP contribution in [0.5, 0.6) is 0 Å². The van der Waals surface area contributed by atoms with Crippen molar-refractivity contribution in [2.45, 2.75) is 31.3 Å². The molecule has 0 aliphatic heterocycles. The normalized spacial score (nSPS) is 12.0. The van der Waals surface area contributed by atoms with E-state index in [-0.39, 0.29) is 23.5 Å². The molecule has 4 rings (SSSR count). The van der Waals surface area contributed by atoms with Gasteiger partial charge in [-0.05, 0) is 72.0 Å². The first-order chi connectivity index (χ1) is 14.9. The number of furan rings is 1. The van der Waals surface area contributed by atoms with Crippen molar-refractivity contribution in [3.05, 3.63) is 100.0 Å². The highest BCUT2D eigenvalue weighted by Gasteiger charge is 2.27. The molecule has 0 unspecified atom stereocenters. The SMILES string of the molecule is CCc1ccc2[nH]c(=O)c(CN(Cc3ccco3)S(=O)(=O)c3ccc(F)cc3)cc2c1. The Hall–Kier alpha value is -3.23. The maximum absolute atomic E-state index is 13.3. The second kappa shape index (κ2) is 8.49. The van der Waals surface area contributed by atoms with Gasteiger partial charge in [0.05, 0.1) is 17.7 Å². The van der Waals surface area contributed by atoms with Crippen LogP contribution in [0.4, 0.5) is 4.39 Å². The van der Waals surface area contributed by atoms with E-state index in [2.05, 4.69) is 4.98 Å². The third kappa shape index (κ3) is 4.45. The lowest BCUT2D eigenvalue weighted by Crippen LogP contribution is -2.32. The van der Waals surface area contributed by atoms with Crippen molar-refractivity contribution in [2.24, 2.45) is 0 Å². The van der Waals surface area contributed by atoms with Crippen molar-refractivity contribution in [3.8, 4) is 0 Å². The molecule has 6 nitrogen and oxygen atoms in total. The van der Waals surface area contributed by atoms with Crippen LogP contribution in [0.3, 0.4) is 0 Å². The number of nitrogens with one attached hydrogen (secondary N) is 1. The minimum absolute atomic E-state index is 0.0639. The van der Waals surface area contributed by atoms with E-state index in [1.807, 2.05) is 25.1 Å². The number of sulfonamides is 1. The molecule has 0 radical (unpaired) electrons. The molecule has 2 aromatic carbocycles. The van der Waals surface area contributed by atoms with Gasteiger partial charge in [0.15, 0.2) is 0 Å².